The van der Waals surface area contributed by atoms with E-state index in [9.17, 15) is 4.79 Å². The summed E-state index contributed by atoms with van der Waals surface area (Å²) in [6.45, 7) is 0.814. The lowest BCUT2D eigenvalue weighted by Gasteiger charge is -2.02. The summed E-state index contributed by atoms with van der Waals surface area (Å²) in [5.74, 6) is 0. The molecular weight excluding hydrogens is 152 g/mol. The normalized spacial score (nSPS) is 9.42. The van der Waals surface area contributed by atoms with Crippen LogP contribution in [-0.2, 0) is 11.3 Å². The van der Waals surface area contributed by atoms with Crippen molar-refractivity contribution in [3.05, 3.63) is 29.8 Å². The van der Waals surface area contributed by atoms with Crippen LogP contribution >= 0.6 is 0 Å². The van der Waals surface area contributed by atoms with E-state index in [2.05, 4.69) is 10.6 Å². The van der Waals surface area contributed by atoms with Gasteiger partial charge in [-0.05, 0) is 24.7 Å². The Balaban J connectivity index is 2.73. The van der Waals surface area contributed by atoms with Gasteiger partial charge < -0.3 is 10.6 Å². The third kappa shape index (κ3) is 2.36. The second kappa shape index (κ2) is 4.51. The molecule has 0 aromatic heterocycles. The Morgan fingerprint density at radius 1 is 1.50 bits per heavy atom. The van der Waals surface area contributed by atoms with Crippen molar-refractivity contribution in [3.8, 4) is 0 Å². The van der Waals surface area contributed by atoms with Gasteiger partial charge in [-0.25, -0.2) is 0 Å². The summed E-state index contributed by atoms with van der Waals surface area (Å²) in [6, 6.07) is 7.71. The maximum atomic E-state index is 10.1. The first kappa shape index (κ1) is 8.74. The predicted molar refractivity (Wildman–Crippen MR) is 48.9 cm³/mol. The minimum absolute atomic E-state index is 0.679. The molecule has 3 heteroatoms. The number of benzene rings is 1. The number of rotatable bonds is 4. The number of nitrogens with one attached hydrogen (secondary N) is 2. The van der Waals surface area contributed by atoms with E-state index in [-0.39, 0.29) is 0 Å². The first-order valence-electron chi connectivity index (χ1n) is 3.80. The molecule has 0 aliphatic rings. The molecule has 0 atom stereocenters. The van der Waals surface area contributed by atoms with Crippen molar-refractivity contribution < 1.29 is 4.79 Å². The van der Waals surface area contributed by atoms with Crippen LogP contribution in [0.25, 0.3) is 0 Å². The van der Waals surface area contributed by atoms with Gasteiger partial charge in [0.2, 0.25) is 6.41 Å². The number of carbonyl (C=O) groups excluding carboxylic acids is 1. The smallest absolute Gasteiger partial charge is 0.211 e. The van der Waals surface area contributed by atoms with Crippen LogP contribution in [0.4, 0.5) is 5.69 Å². The van der Waals surface area contributed by atoms with Crippen LogP contribution in [0.3, 0.4) is 0 Å². The van der Waals surface area contributed by atoms with Crippen LogP contribution in [-0.4, -0.2) is 13.5 Å². The van der Waals surface area contributed by atoms with Crippen LogP contribution in [0.2, 0.25) is 0 Å². The molecule has 0 bridgehead atoms. The maximum absolute atomic E-state index is 10.1. The Kier molecular flexibility index (Phi) is 3.29. The summed E-state index contributed by atoms with van der Waals surface area (Å²) in [5.41, 5.74) is 1.99. The van der Waals surface area contributed by atoms with Gasteiger partial charge in [-0.15, -0.1) is 0 Å². The highest BCUT2D eigenvalue weighted by Gasteiger charge is 1.92. The van der Waals surface area contributed by atoms with Crippen molar-refractivity contribution >= 4 is 12.1 Å². The fraction of sp³-hybridized carbons (Fsp3) is 0.222. The number of amides is 1. The zero-order valence-electron chi connectivity index (χ0n) is 7.00. The lowest BCUT2D eigenvalue weighted by molar-refractivity contribution is -0.105. The number of anilines is 1. The Hall–Kier alpha value is -1.35. The third-order valence-electron chi connectivity index (χ3n) is 1.53. The van der Waals surface area contributed by atoms with Crippen molar-refractivity contribution in [2.45, 2.75) is 6.54 Å². The Bertz CT molecular complexity index is 260. The van der Waals surface area contributed by atoms with Gasteiger partial charge in [0.25, 0.3) is 0 Å². The molecule has 1 rings (SSSR count). The molecule has 1 aromatic rings. The SMILES string of the molecule is CNCc1cccc(NC=O)c1. The fourth-order valence-corrected chi connectivity index (χ4v) is 1.04. The average molecular weight is 164 g/mol. The van der Waals surface area contributed by atoms with E-state index in [1.165, 1.54) is 0 Å². The summed E-state index contributed by atoms with van der Waals surface area (Å²) in [7, 11) is 1.89. The quantitative estimate of drug-likeness (QED) is 0.651. The van der Waals surface area contributed by atoms with Gasteiger partial charge in [0.1, 0.15) is 0 Å². The van der Waals surface area contributed by atoms with Crippen LogP contribution in [0.1, 0.15) is 5.56 Å². The summed E-state index contributed by atoms with van der Waals surface area (Å²) in [4.78, 5) is 10.1. The summed E-state index contributed by atoms with van der Waals surface area (Å²) in [5, 5.41) is 5.64. The third-order valence-corrected chi connectivity index (χ3v) is 1.53. The zero-order valence-corrected chi connectivity index (χ0v) is 7.00. The molecule has 3 nitrogen and oxygen atoms in total. The highest BCUT2D eigenvalue weighted by molar-refractivity contribution is 5.71. The molecule has 0 saturated heterocycles. The lowest BCUT2D eigenvalue weighted by Crippen LogP contribution is -2.05. The topological polar surface area (TPSA) is 41.1 Å². The zero-order chi connectivity index (χ0) is 8.81. The lowest BCUT2D eigenvalue weighted by atomic mass is 10.2. The Labute approximate surface area is 71.8 Å². The number of hydrogen-bond donors (Lipinski definition) is 2. The molecule has 0 aliphatic heterocycles. The summed E-state index contributed by atoms with van der Waals surface area (Å²) < 4.78 is 0. The summed E-state index contributed by atoms with van der Waals surface area (Å²) in [6.07, 6.45) is 0.679. The molecule has 2 N–H and O–H groups in total. The first-order valence-corrected chi connectivity index (χ1v) is 3.80. The molecule has 1 amide bonds. The van der Waals surface area contributed by atoms with E-state index in [1.807, 2.05) is 31.3 Å². The molecule has 0 unspecified atom stereocenters. The van der Waals surface area contributed by atoms with E-state index in [1.54, 1.807) is 0 Å². The molecule has 64 valence electrons. The van der Waals surface area contributed by atoms with Crippen LogP contribution < -0.4 is 10.6 Å². The molecule has 0 radical (unpaired) electrons. The molecule has 12 heavy (non-hydrogen) atoms. The second-order valence-corrected chi connectivity index (χ2v) is 2.49. The Morgan fingerprint density at radius 2 is 2.33 bits per heavy atom. The minimum Gasteiger partial charge on any atom is -0.329 e. The minimum atomic E-state index is 0.679. The first-order chi connectivity index (χ1) is 5.86. The van der Waals surface area contributed by atoms with Gasteiger partial charge in [0, 0.05) is 12.2 Å². The molecule has 0 spiro atoms. The van der Waals surface area contributed by atoms with Crippen LogP contribution in [0, 0.1) is 0 Å². The molecule has 0 heterocycles. The monoisotopic (exact) mass is 164 g/mol. The van der Waals surface area contributed by atoms with Gasteiger partial charge in [-0.3, -0.25) is 4.79 Å². The molecular formula is C9H12N2O. The van der Waals surface area contributed by atoms with Crippen molar-refractivity contribution in [2.75, 3.05) is 12.4 Å². The standard InChI is InChI=1S/C9H12N2O/c1-10-6-8-3-2-4-9(5-8)11-7-12/h2-5,7,10H,6H2,1H3,(H,11,12). The van der Waals surface area contributed by atoms with E-state index >= 15 is 0 Å². The van der Waals surface area contributed by atoms with Crippen molar-refractivity contribution in [3.63, 3.8) is 0 Å². The summed E-state index contributed by atoms with van der Waals surface area (Å²) >= 11 is 0. The van der Waals surface area contributed by atoms with E-state index in [0.717, 1.165) is 17.8 Å². The van der Waals surface area contributed by atoms with Gasteiger partial charge >= 0.3 is 0 Å². The molecule has 0 aliphatic carbocycles. The Morgan fingerprint density at radius 3 is 3.00 bits per heavy atom. The highest BCUT2D eigenvalue weighted by atomic mass is 16.1. The van der Waals surface area contributed by atoms with Gasteiger partial charge in [-0.1, -0.05) is 12.1 Å². The van der Waals surface area contributed by atoms with E-state index < -0.39 is 0 Å². The predicted octanol–water partition coefficient (Wildman–Crippen LogP) is 0.974. The van der Waals surface area contributed by atoms with Crippen molar-refractivity contribution in [2.24, 2.45) is 0 Å². The molecule has 0 saturated carbocycles. The fourth-order valence-electron chi connectivity index (χ4n) is 1.04. The largest absolute Gasteiger partial charge is 0.329 e. The van der Waals surface area contributed by atoms with Crippen LogP contribution in [0.5, 0.6) is 0 Å². The molecule has 1 aromatic carbocycles. The van der Waals surface area contributed by atoms with E-state index in [4.69, 9.17) is 0 Å². The second-order valence-electron chi connectivity index (χ2n) is 2.49. The average Bonchev–Trinajstić information content (AvgIpc) is 2.06. The van der Waals surface area contributed by atoms with Crippen molar-refractivity contribution in [1.82, 2.24) is 5.32 Å². The molecule has 0 fully saturated rings. The maximum Gasteiger partial charge on any atom is 0.211 e. The van der Waals surface area contributed by atoms with E-state index in [0.29, 0.717) is 6.41 Å². The number of carbonyl (C=O) groups is 1. The van der Waals surface area contributed by atoms with Gasteiger partial charge in [-0.2, -0.15) is 0 Å². The highest BCUT2D eigenvalue weighted by Crippen LogP contribution is 2.08. The van der Waals surface area contributed by atoms with Crippen molar-refractivity contribution in [1.29, 1.82) is 0 Å². The van der Waals surface area contributed by atoms with Crippen LogP contribution in [0.15, 0.2) is 24.3 Å². The van der Waals surface area contributed by atoms with Gasteiger partial charge in [0.05, 0.1) is 0 Å². The number of hydrogen-bond acceptors (Lipinski definition) is 2. The van der Waals surface area contributed by atoms with Gasteiger partial charge in [0.15, 0.2) is 0 Å².